The largest absolute Gasteiger partial charge is 0.363 e. The average Bonchev–Trinajstić information content (AvgIpc) is 2.73. The van der Waals surface area contributed by atoms with Crippen molar-refractivity contribution in [2.45, 2.75) is 46.7 Å². The number of hydrogen-bond donors (Lipinski definition) is 1. The van der Waals surface area contributed by atoms with E-state index in [9.17, 15) is 0 Å². The van der Waals surface area contributed by atoms with Gasteiger partial charge in [0.05, 0.1) is 11.9 Å². The molecule has 1 aliphatic rings. The molecule has 1 aromatic rings. The van der Waals surface area contributed by atoms with Crippen molar-refractivity contribution in [2.75, 3.05) is 18.0 Å². The van der Waals surface area contributed by atoms with Crippen molar-refractivity contribution in [3.63, 3.8) is 0 Å². The van der Waals surface area contributed by atoms with Crippen LogP contribution in [-0.2, 0) is 7.05 Å². The van der Waals surface area contributed by atoms with Gasteiger partial charge in [-0.25, -0.2) is 0 Å². The molecule has 0 spiro atoms. The maximum absolute atomic E-state index is 4.33. The van der Waals surface area contributed by atoms with Gasteiger partial charge in [0.1, 0.15) is 0 Å². The fourth-order valence-corrected chi connectivity index (χ4v) is 2.80. The normalized spacial score (nSPS) is 25.1. The first-order chi connectivity index (χ1) is 8.79. The standard InChI is InChI=1S/C15H28N4/c1-11(2)13-8-16-14(15(3,4)5)10-19(13)12-7-17-18(6)9-12/h7,9,11,13-14,16H,8,10H2,1-6H3. The summed E-state index contributed by atoms with van der Waals surface area (Å²) in [6.45, 7) is 13.6. The number of piperazine rings is 1. The first-order valence-electron chi connectivity index (χ1n) is 7.27. The Bertz CT molecular complexity index is 416. The van der Waals surface area contributed by atoms with E-state index in [1.54, 1.807) is 0 Å². The van der Waals surface area contributed by atoms with Crippen molar-refractivity contribution in [1.29, 1.82) is 0 Å². The molecule has 4 heteroatoms. The van der Waals surface area contributed by atoms with Crippen molar-refractivity contribution in [2.24, 2.45) is 18.4 Å². The maximum Gasteiger partial charge on any atom is 0.0755 e. The van der Waals surface area contributed by atoms with Gasteiger partial charge in [-0.1, -0.05) is 34.6 Å². The van der Waals surface area contributed by atoms with Gasteiger partial charge in [-0.15, -0.1) is 0 Å². The van der Waals surface area contributed by atoms with E-state index < -0.39 is 0 Å². The lowest BCUT2D eigenvalue weighted by Crippen LogP contribution is -2.61. The molecule has 0 amide bonds. The number of nitrogens with one attached hydrogen (secondary N) is 1. The number of nitrogens with zero attached hydrogens (tertiary/aromatic N) is 3. The van der Waals surface area contributed by atoms with Gasteiger partial charge in [-0.05, 0) is 11.3 Å². The Labute approximate surface area is 117 Å². The number of anilines is 1. The Morgan fingerprint density at radius 2 is 2.05 bits per heavy atom. The third-order valence-corrected chi connectivity index (χ3v) is 4.19. The second kappa shape index (κ2) is 5.16. The summed E-state index contributed by atoms with van der Waals surface area (Å²) in [5.74, 6) is 0.633. The molecule has 0 aliphatic carbocycles. The minimum atomic E-state index is 0.280. The van der Waals surface area contributed by atoms with E-state index in [1.165, 1.54) is 5.69 Å². The van der Waals surface area contributed by atoms with Gasteiger partial charge in [0, 0.05) is 38.4 Å². The zero-order chi connectivity index (χ0) is 14.2. The van der Waals surface area contributed by atoms with Crippen LogP contribution in [0.1, 0.15) is 34.6 Å². The zero-order valence-corrected chi connectivity index (χ0v) is 13.1. The summed E-state index contributed by atoms with van der Waals surface area (Å²) in [5.41, 5.74) is 1.53. The third-order valence-electron chi connectivity index (χ3n) is 4.19. The number of hydrogen-bond acceptors (Lipinski definition) is 3. The van der Waals surface area contributed by atoms with Crippen LogP contribution in [0.3, 0.4) is 0 Å². The lowest BCUT2D eigenvalue weighted by atomic mass is 9.83. The fraction of sp³-hybridized carbons (Fsp3) is 0.800. The van der Waals surface area contributed by atoms with Crippen LogP contribution in [0.2, 0.25) is 0 Å². The van der Waals surface area contributed by atoms with E-state index in [0.717, 1.165) is 13.1 Å². The van der Waals surface area contributed by atoms with Crippen LogP contribution in [0.25, 0.3) is 0 Å². The van der Waals surface area contributed by atoms with Gasteiger partial charge in [0.25, 0.3) is 0 Å². The highest BCUT2D eigenvalue weighted by Crippen LogP contribution is 2.29. The van der Waals surface area contributed by atoms with Crippen molar-refractivity contribution in [3.05, 3.63) is 12.4 Å². The molecule has 2 atom stereocenters. The second-order valence-electron chi connectivity index (χ2n) is 7.16. The van der Waals surface area contributed by atoms with Gasteiger partial charge < -0.3 is 10.2 Å². The average molecular weight is 264 g/mol. The molecule has 0 bridgehead atoms. The zero-order valence-electron chi connectivity index (χ0n) is 13.1. The summed E-state index contributed by atoms with van der Waals surface area (Å²) in [7, 11) is 1.98. The van der Waals surface area contributed by atoms with Crippen LogP contribution in [0.15, 0.2) is 12.4 Å². The van der Waals surface area contributed by atoms with Gasteiger partial charge in [-0.2, -0.15) is 5.10 Å². The van der Waals surface area contributed by atoms with Crippen molar-refractivity contribution in [1.82, 2.24) is 15.1 Å². The summed E-state index contributed by atoms with van der Waals surface area (Å²) in [4.78, 5) is 2.53. The molecule has 2 unspecified atom stereocenters. The summed E-state index contributed by atoms with van der Waals surface area (Å²) < 4.78 is 1.89. The van der Waals surface area contributed by atoms with E-state index in [-0.39, 0.29) is 5.41 Å². The van der Waals surface area contributed by atoms with E-state index in [2.05, 4.69) is 56.1 Å². The minimum Gasteiger partial charge on any atom is -0.363 e. The minimum absolute atomic E-state index is 0.280. The molecule has 2 heterocycles. The summed E-state index contributed by atoms with van der Waals surface area (Å²) in [6, 6.07) is 1.06. The molecule has 1 fully saturated rings. The fourth-order valence-electron chi connectivity index (χ4n) is 2.80. The van der Waals surface area contributed by atoms with Crippen LogP contribution in [0.5, 0.6) is 0 Å². The summed E-state index contributed by atoms with van der Waals surface area (Å²) in [6.07, 6.45) is 4.11. The highest BCUT2D eigenvalue weighted by atomic mass is 15.3. The Balaban J connectivity index is 2.23. The molecule has 1 N–H and O–H groups in total. The molecular formula is C15H28N4. The van der Waals surface area contributed by atoms with Crippen LogP contribution in [0, 0.1) is 11.3 Å². The highest BCUT2D eigenvalue weighted by Gasteiger charge is 2.35. The van der Waals surface area contributed by atoms with Crippen molar-refractivity contribution in [3.8, 4) is 0 Å². The smallest absolute Gasteiger partial charge is 0.0755 e. The first kappa shape index (κ1) is 14.4. The lowest BCUT2D eigenvalue weighted by Gasteiger charge is -2.47. The summed E-state index contributed by atoms with van der Waals surface area (Å²) >= 11 is 0. The molecule has 1 saturated heterocycles. The van der Waals surface area contributed by atoms with Gasteiger partial charge >= 0.3 is 0 Å². The van der Waals surface area contributed by atoms with Crippen LogP contribution in [-0.4, -0.2) is 35.0 Å². The monoisotopic (exact) mass is 264 g/mol. The summed E-state index contributed by atoms with van der Waals surface area (Å²) in [5, 5.41) is 8.06. The predicted molar refractivity (Wildman–Crippen MR) is 80.4 cm³/mol. The Morgan fingerprint density at radius 3 is 2.53 bits per heavy atom. The SMILES string of the molecule is CC(C)C1CNC(C(C)(C)C)CN1c1cnn(C)c1. The highest BCUT2D eigenvalue weighted by molar-refractivity contribution is 5.45. The van der Waals surface area contributed by atoms with Gasteiger partial charge in [0.15, 0.2) is 0 Å². The van der Waals surface area contributed by atoms with Crippen LogP contribution >= 0.6 is 0 Å². The molecule has 4 nitrogen and oxygen atoms in total. The van der Waals surface area contributed by atoms with E-state index >= 15 is 0 Å². The Morgan fingerprint density at radius 1 is 1.37 bits per heavy atom. The molecular weight excluding hydrogens is 236 g/mol. The van der Waals surface area contributed by atoms with E-state index in [4.69, 9.17) is 0 Å². The quantitative estimate of drug-likeness (QED) is 0.889. The predicted octanol–water partition coefficient (Wildman–Crippen LogP) is 2.27. The molecule has 108 valence electrons. The molecule has 0 radical (unpaired) electrons. The van der Waals surface area contributed by atoms with Crippen molar-refractivity contribution >= 4 is 5.69 Å². The molecule has 0 saturated carbocycles. The molecule has 1 aliphatic heterocycles. The maximum atomic E-state index is 4.33. The number of aromatic nitrogens is 2. The van der Waals surface area contributed by atoms with Crippen LogP contribution in [0.4, 0.5) is 5.69 Å². The topological polar surface area (TPSA) is 33.1 Å². The molecule has 0 aromatic carbocycles. The molecule has 2 rings (SSSR count). The van der Waals surface area contributed by atoms with Crippen LogP contribution < -0.4 is 10.2 Å². The third kappa shape index (κ3) is 3.11. The second-order valence-corrected chi connectivity index (χ2v) is 7.16. The molecule has 1 aromatic heterocycles. The molecule has 19 heavy (non-hydrogen) atoms. The van der Waals surface area contributed by atoms with E-state index in [1.807, 2.05) is 17.9 Å². The Kier molecular flexibility index (Phi) is 3.90. The number of rotatable bonds is 2. The van der Waals surface area contributed by atoms with Gasteiger partial charge in [-0.3, -0.25) is 4.68 Å². The number of aryl methyl sites for hydroxylation is 1. The lowest BCUT2D eigenvalue weighted by molar-refractivity contribution is 0.221. The van der Waals surface area contributed by atoms with Crippen molar-refractivity contribution < 1.29 is 0 Å². The van der Waals surface area contributed by atoms with Gasteiger partial charge in [0.2, 0.25) is 0 Å². The first-order valence-corrected chi connectivity index (χ1v) is 7.27. The van der Waals surface area contributed by atoms with E-state index in [0.29, 0.717) is 18.0 Å². The Hall–Kier alpha value is -1.03.